The highest BCUT2D eigenvalue weighted by molar-refractivity contribution is 7.92. The van der Waals surface area contributed by atoms with Gasteiger partial charge in [0, 0.05) is 12.6 Å². The van der Waals surface area contributed by atoms with E-state index in [4.69, 9.17) is 0 Å². The Morgan fingerprint density at radius 3 is 2.14 bits per heavy atom. The maximum absolute atomic E-state index is 13.6. The first-order chi connectivity index (χ1) is 16.4. The summed E-state index contributed by atoms with van der Waals surface area (Å²) in [5.41, 5.74) is 2.90. The molecule has 0 heterocycles. The second-order valence-electron chi connectivity index (χ2n) is 8.93. The van der Waals surface area contributed by atoms with Crippen molar-refractivity contribution in [2.24, 2.45) is 0 Å². The number of hydrogen-bond acceptors (Lipinski definition) is 4. The van der Waals surface area contributed by atoms with Crippen LogP contribution in [0.15, 0.2) is 42.5 Å². The number of benzene rings is 2. The highest BCUT2D eigenvalue weighted by atomic mass is 32.2. The van der Waals surface area contributed by atoms with E-state index in [1.807, 2.05) is 27.7 Å². The maximum atomic E-state index is 13.6. The van der Waals surface area contributed by atoms with Gasteiger partial charge in [-0.05, 0) is 74.6 Å². The van der Waals surface area contributed by atoms with Crippen LogP contribution in [-0.4, -0.2) is 50.0 Å². The van der Waals surface area contributed by atoms with Gasteiger partial charge in [0.05, 0.1) is 11.9 Å². The molecule has 7 nitrogen and oxygen atoms in total. The molecule has 0 saturated heterocycles. The molecule has 9 heteroatoms. The van der Waals surface area contributed by atoms with Crippen LogP contribution in [0.5, 0.6) is 0 Å². The molecule has 0 aromatic heterocycles. The Morgan fingerprint density at radius 1 is 1.00 bits per heavy atom. The van der Waals surface area contributed by atoms with Gasteiger partial charge in [-0.3, -0.25) is 13.9 Å². The van der Waals surface area contributed by atoms with E-state index < -0.39 is 34.3 Å². The minimum absolute atomic E-state index is 0.0378. The third kappa shape index (κ3) is 7.78. The average Bonchev–Trinajstić information content (AvgIpc) is 2.79. The van der Waals surface area contributed by atoms with Crippen molar-refractivity contribution in [3.63, 3.8) is 0 Å². The van der Waals surface area contributed by atoms with Gasteiger partial charge in [0.25, 0.3) is 0 Å². The van der Waals surface area contributed by atoms with Crippen LogP contribution in [-0.2, 0) is 26.2 Å². The van der Waals surface area contributed by atoms with Crippen molar-refractivity contribution < 1.29 is 22.4 Å². The topological polar surface area (TPSA) is 86.8 Å². The predicted molar refractivity (Wildman–Crippen MR) is 137 cm³/mol. The Kier molecular flexibility index (Phi) is 9.82. The zero-order valence-electron chi connectivity index (χ0n) is 21.3. The quantitative estimate of drug-likeness (QED) is 0.501. The Balaban J connectivity index is 2.45. The Bertz CT molecular complexity index is 1140. The van der Waals surface area contributed by atoms with Gasteiger partial charge in [0.1, 0.15) is 18.4 Å². The van der Waals surface area contributed by atoms with Gasteiger partial charge in [-0.1, -0.05) is 32.0 Å². The highest BCUT2D eigenvalue weighted by Crippen LogP contribution is 2.22. The first kappa shape index (κ1) is 28.3. The van der Waals surface area contributed by atoms with E-state index in [9.17, 15) is 22.4 Å². The molecule has 192 valence electrons. The van der Waals surface area contributed by atoms with Gasteiger partial charge in [0.15, 0.2) is 0 Å². The van der Waals surface area contributed by atoms with Crippen molar-refractivity contribution in [3.05, 3.63) is 65.0 Å². The Morgan fingerprint density at radius 2 is 1.63 bits per heavy atom. The highest BCUT2D eigenvalue weighted by Gasteiger charge is 2.32. The number of hydrogen-bond donors (Lipinski definition) is 1. The summed E-state index contributed by atoms with van der Waals surface area (Å²) >= 11 is 0. The minimum Gasteiger partial charge on any atom is -0.352 e. The lowest BCUT2D eigenvalue weighted by Crippen LogP contribution is -2.53. The van der Waals surface area contributed by atoms with Gasteiger partial charge in [0.2, 0.25) is 21.8 Å². The molecule has 0 fully saturated rings. The number of aryl methyl sites for hydroxylation is 2. The van der Waals surface area contributed by atoms with E-state index in [-0.39, 0.29) is 18.5 Å². The number of halogens is 1. The number of sulfonamides is 1. The third-order valence-corrected chi connectivity index (χ3v) is 7.25. The molecule has 0 aliphatic rings. The summed E-state index contributed by atoms with van der Waals surface area (Å²) in [7, 11) is -3.79. The van der Waals surface area contributed by atoms with Gasteiger partial charge in [-0.15, -0.1) is 0 Å². The molecule has 2 atom stereocenters. The van der Waals surface area contributed by atoms with Crippen LogP contribution in [0.25, 0.3) is 0 Å². The minimum atomic E-state index is -3.79. The van der Waals surface area contributed by atoms with Crippen molar-refractivity contribution in [2.75, 3.05) is 17.1 Å². The summed E-state index contributed by atoms with van der Waals surface area (Å²) in [6.45, 7) is 8.98. The number of carbonyl (C=O) groups is 2. The molecular weight excluding hydrogens is 469 g/mol. The van der Waals surface area contributed by atoms with Crippen LogP contribution >= 0.6 is 0 Å². The standard InChI is InChI=1S/C26H36FN3O4S/c1-7-20(5)28-26(32)24(8-2)29(16-21-10-12-22(27)13-11-21)25(31)17-30(35(6,33)34)23-14-9-18(3)19(4)15-23/h9-15,20,24H,7-8,16-17H2,1-6H3,(H,28,32)/t20-,24-/m1/s1. The molecular formula is C26H36FN3O4S. The fourth-order valence-corrected chi connectivity index (χ4v) is 4.48. The summed E-state index contributed by atoms with van der Waals surface area (Å²) in [5, 5.41) is 2.92. The van der Waals surface area contributed by atoms with Gasteiger partial charge >= 0.3 is 0 Å². The zero-order valence-corrected chi connectivity index (χ0v) is 22.2. The molecule has 0 spiro atoms. The van der Waals surface area contributed by atoms with Crippen LogP contribution in [0.4, 0.5) is 10.1 Å². The molecule has 2 rings (SSSR count). The van der Waals surface area contributed by atoms with E-state index >= 15 is 0 Å². The van der Waals surface area contributed by atoms with Gasteiger partial charge in [-0.2, -0.15) is 0 Å². The molecule has 0 aliphatic heterocycles. The number of nitrogens with zero attached hydrogens (tertiary/aromatic N) is 2. The monoisotopic (exact) mass is 505 g/mol. The molecule has 2 amide bonds. The summed E-state index contributed by atoms with van der Waals surface area (Å²) in [4.78, 5) is 28.1. The first-order valence-corrected chi connectivity index (χ1v) is 13.6. The smallest absolute Gasteiger partial charge is 0.244 e. The van der Waals surface area contributed by atoms with Crippen molar-refractivity contribution >= 4 is 27.5 Å². The second kappa shape index (κ2) is 12.2. The summed E-state index contributed by atoms with van der Waals surface area (Å²) in [6, 6.07) is 9.96. The largest absolute Gasteiger partial charge is 0.352 e. The van der Waals surface area contributed by atoms with E-state index in [1.165, 1.54) is 17.0 Å². The van der Waals surface area contributed by atoms with Gasteiger partial charge in [-0.25, -0.2) is 12.8 Å². The molecule has 2 aromatic carbocycles. The van der Waals surface area contributed by atoms with E-state index in [0.29, 0.717) is 17.7 Å². The van der Waals surface area contributed by atoms with Crippen molar-refractivity contribution in [2.45, 2.75) is 66.1 Å². The second-order valence-corrected chi connectivity index (χ2v) is 10.8. The SMILES string of the molecule is CC[C@@H](C)NC(=O)[C@@H](CC)N(Cc1ccc(F)cc1)C(=O)CN(c1ccc(C)c(C)c1)S(C)(=O)=O. The molecule has 0 bridgehead atoms. The molecule has 35 heavy (non-hydrogen) atoms. The molecule has 0 unspecified atom stereocenters. The van der Waals surface area contributed by atoms with E-state index in [2.05, 4.69) is 5.32 Å². The van der Waals surface area contributed by atoms with E-state index in [1.54, 1.807) is 37.3 Å². The maximum Gasteiger partial charge on any atom is 0.244 e. The lowest BCUT2D eigenvalue weighted by Gasteiger charge is -2.33. The number of amides is 2. The Labute approximate surface area is 208 Å². The Hall–Kier alpha value is -2.94. The summed E-state index contributed by atoms with van der Waals surface area (Å²) in [5.74, 6) is -1.25. The molecule has 0 aliphatic carbocycles. The van der Waals surface area contributed by atoms with Crippen molar-refractivity contribution in [3.8, 4) is 0 Å². The number of anilines is 1. The van der Waals surface area contributed by atoms with E-state index in [0.717, 1.165) is 28.1 Å². The molecule has 0 saturated carbocycles. The third-order valence-electron chi connectivity index (χ3n) is 6.11. The number of carbonyl (C=O) groups excluding carboxylic acids is 2. The number of nitrogens with one attached hydrogen (secondary N) is 1. The van der Waals surface area contributed by atoms with Crippen LogP contribution in [0.2, 0.25) is 0 Å². The number of rotatable bonds is 11. The molecule has 1 N–H and O–H groups in total. The van der Waals surface area contributed by atoms with Crippen LogP contribution < -0.4 is 9.62 Å². The van der Waals surface area contributed by atoms with Crippen molar-refractivity contribution in [1.29, 1.82) is 0 Å². The zero-order chi connectivity index (χ0) is 26.3. The van der Waals surface area contributed by atoms with Crippen molar-refractivity contribution in [1.82, 2.24) is 10.2 Å². The normalized spacial score (nSPS) is 13.1. The molecule has 0 radical (unpaired) electrons. The summed E-state index contributed by atoms with van der Waals surface area (Å²) in [6.07, 6.45) is 2.10. The summed E-state index contributed by atoms with van der Waals surface area (Å²) < 4.78 is 39.9. The lowest BCUT2D eigenvalue weighted by molar-refractivity contribution is -0.140. The fraction of sp³-hybridized carbons (Fsp3) is 0.462. The predicted octanol–water partition coefficient (Wildman–Crippen LogP) is 3.93. The van der Waals surface area contributed by atoms with Crippen LogP contribution in [0.3, 0.4) is 0 Å². The lowest BCUT2D eigenvalue weighted by atomic mass is 10.1. The first-order valence-electron chi connectivity index (χ1n) is 11.8. The molecule has 2 aromatic rings. The average molecular weight is 506 g/mol. The van der Waals surface area contributed by atoms with Crippen LogP contribution in [0, 0.1) is 19.7 Å². The fourth-order valence-electron chi connectivity index (χ4n) is 3.64. The van der Waals surface area contributed by atoms with Crippen LogP contribution in [0.1, 0.15) is 50.3 Å². The van der Waals surface area contributed by atoms with Gasteiger partial charge < -0.3 is 10.2 Å².